The van der Waals surface area contributed by atoms with E-state index >= 15 is 0 Å². The Balaban J connectivity index is 1.98. The lowest BCUT2D eigenvalue weighted by Gasteiger charge is -2.27. The lowest BCUT2D eigenvalue weighted by Crippen LogP contribution is -2.36. The minimum atomic E-state index is -2.77. The second-order valence-corrected chi connectivity index (χ2v) is 3.82. The van der Waals surface area contributed by atoms with Crippen LogP contribution in [0.4, 0.5) is 13.6 Å². The Morgan fingerprint density at radius 3 is 2.53 bits per heavy atom. The van der Waals surface area contributed by atoms with Crippen LogP contribution in [0.15, 0.2) is 4.42 Å². The summed E-state index contributed by atoms with van der Waals surface area (Å²) in [5, 5.41) is 15.6. The third-order valence-electron chi connectivity index (χ3n) is 2.76. The number of carboxylic acid groups (broad SMARTS) is 1. The number of carbonyl (C=O) groups is 1. The average molecular weight is 247 g/mol. The molecule has 94 valence electrons. The zero-order chi connectivity index (χ0) is 12.4. The molecular formula is C9H11F2N3O3. The van der Waals surface area contributed by atoms with E-state index < -0.39 is 18.4 Å². The maximum Gasteiger partial charge on any atom is 0.407 e. The molecule has 0 aliphatic carbocycles. The number of hydrogen-bond donors (Lipinski definition) is 1. The number of likely N-dealkylation sites (tertiary alicyclic amines) is 1. The molecule has 0 spiro atoms. The van der Waals surface area contributed by atoms with Gasteiger partial charge in [0.1, 0.15) is 0 Å². The quantitative estimate of drug-likeness (QED) is 0.862. The van der Waals surface area contributed by atoms with E-state index in [2.05, 4.69) is 10.2 Å². The van der Waals surface area contributed by atoms with Gasteiger partial charge >= 0.3 is 12.5 Å². The van der Waals surface area contributed by atoms with Crippen molar-refractivity contribution < 1.29 is 23.1 Å². The molecule has 1 N–H and O–H groups in total. The third-order valence-corrected chi connectivity index (χ3v) is 2.76. The van der Waals surface area contributed by atoms with Gasteiger partial charge < -0.3 is 14.4 Å². The second-order valence-electron chi connectivity index (χ2n) is 3.82. The number of halogens is 2. The van der Waals surface area contributed by atoms with Crippen molar-refractivity contribution in [1.82, 2.24) is 15.1 Å². The summed E-state index contributed by atoms with van der Waals surface area (Å²) >= 11 is 0. The first-order valence-electron chi connectivity index (χ1n) is 5.17. The average Bonchev–Trinajstić information content (AvgIpc) is 2.78. The number of alkyl halides is 2. The fraction of sp³-hybridized carbons (Fsp3) is 0.667. The van der Waals surface area contributed by atoms with E-state index in [0.29, 0.717) is 25.9 Å². The molecule has 17 heavy (non-hydrogen) atoms. The van der Waals surface area contributed by atoms with Gasteiger partial charge in [-0.15, -0.1) is 10.2 Å². The Bertz CT molecular complexity index is 402. The lowest BCUT2D eigenvalue weighted by atomic mass is 9.97. The molecule has 0 atom stereocenters. The molecule has 2 rings (SSSR count). The minimum absolute atomic E-state index is 0.134. The predicted octanol–water partition coefficient (Wildman–Crippen LogP) is 1.86. The van der Waals surface area contributed by atoms with Crippen molar-refractivity contribution in [3.63, 3.8) is 0 Å². The molecule has 1 aromatic heterocycles. The second kappa shape index (κ2) is 4.64. The summed E-state index contributed by atoms with van der Waals surface area (Å²) in [5.74, 6) is -0.642. The van der Waals surface area contributed by atoms with Crippen LogP contribution in [0.5, 0.6) is 0 Å². The molecule has 0 unspecified atom stereocenters. The first kappa shape index (κ1) is 11.7. The Hall–Kier alpha value is -1.73. The molecule has 1 aliphatic rings. The van der Waals surface area contributed by atoms with Gasteiger partial charge in [-0.25, -0.2) is 4.79 Å². The van der Waals surface area contributed by atoms with Gasteiger partial charge in [-0.2, -0.15) is 8.78 Å². The van der Waals surface area contributed by atoms with E-state index in [1.165, 1.54) is 4.90 Å². The summed E-state index contributed by atoms with van der Waals surface area (Å²) < 4.78 is 29.3. The van der Waals surface area contributed by atoms with Gasteiger partial charge in [-0.1, -0.05) is 0 Å². The highest BCUT2D eigenvalue weighted by molar-refractivity contribution is 5.65. The molecule has 1 aliphatic heterocycles. The summed E-state index contributed by atoms with van der Waals surface area (Å²) in [6.07, 6.45) is -2.72. The lowest BCUT2D eigenvalue weighted by molar-refractivity contribution is 0.109. The first-order valence-corrected chi connectivity index (χ1v) is 5.17. The Morgan fingerprint density at radius 2 is 2.06 bits per heavy atom. The van der Waals surface area contributed by atoms with E-state index in [9.17, 15) is 13.6 Å². The van der Waals surface area contributed by atoms with Crippen LogP contribution in [0, 0.1) is 0 Å². The van der Waals surface area contributed by atoms with Crippen LogP contribution in [-0.2, 0) is 0 Å². The zero-order valence-corrected chi connectivity index (χ0v) is 8.84. The number of amides is 1. The Labute approximate surface area is 95.2 Å². The molecule has 0 saturated carbocycles. The van der Waals surface area contributed by atoms with Crippen LogP contribution in [0.3, 0.4) is 0 Å². The van der Waals surface area contributed by atoms with E-state index in [4.69, 9.17) is 9.52 Å². The predicted molar refractivity (Wildman–Crippen MR) is 50.8 cm³/mol. The van der Waals surface area contributed by atoms with Crippen molar-refractivity contribution in [2.75, 3.05) is 13.1 Å². The van der Waals surface area contributed by atoms with Crippen LogP contribution < -0.4 is 0 Å². The molecular weight excluding hydrogens is 236 g/mol. The van der Waals surface area contributed by atoms with Crippen molar-refractivity contribution in [3.8, 4) is 0 Å². The van der Waals surface area contributed by atoms with Crippen molar-refractivity contribution in [2.45, 2.75) is 25.2 Å². The van der Waals surface area contributed by atoms with Gasteiger partial charge in [-0.3, -0.25) is 0 Å². The van der Waals surface area contributed by atoms with E-state index in [1.54, 1.807) is 0 Å². The first-order chi connectivity index (χ1) is 8.08. The van der Waals surface area contributed by atoms with Crippen LogP contribution in [0.2, 0.25) is 0 Å². The monoisotopic (exact) mass is 247 g/mol. The molecule has 6 nitrogen and oxygen atoms in total. The highest BCUT2D eigenvalue weighted by Crippen LogP contribution is 2.28. The van der Waals surface area contributed by atoms with E-state index in [-0.39, 0.29) is 11.8 Å². The fourth-order valence-corrected chi connectivity index (χ4v) is 1.82. The third kappa shape index (κ3) is 2.51. The van der Waals surface area contributed by atoms with Crippen molar-refractivity contribution >= 4 is 6.09 Å². The van der Waals surface area contributed by atoms with Crippen molar-refractivity contribution in [1.29, 1.82) is 0 Å². The summed E-state index contributed by atoms with van der Waals surface area (Å²) in [7, 11) is 0. The van der Waals surface area contributed by atoms with E-state index in [1.807, 2.05) is 0 Å². The molecule has 1 saturated heterocycles. The van der Waals surface area contributed by atoms with Gasteiger partial charge in [0.25, 0.3) is 5.89 Å². The Kier molecular flexibility index (Phi) is 3.21. The highest BCUT2D eigenvalue weighted by Gasteiger charge is 2.28. The molecule has 2 heterocycles. The van der Waals surface area contributed by atoms with Crippen LogP contribution in [-0.4, -0.2) is 39.4 Å². The topological polar surface area (TPSA) is 79.5 Å². The van der Waals surface area contributed by atoms with Gasteiger partial charge in [0.05, 0.1) is 0 Å². The number of piperidine rings is 1. The van der Waals surface area contributed by atoms with Crippen LogP contribution in [0.1, 0.15) is 37.0 Å². The summed E-state index contributed by atoms with van der Waals surface area (Å²) in [6, 6.07) is 0. The van der Waals surface area contributed by atoms with E-state index in [0.717, 1.165) is 0 Å². The van der Waals surface area contributed by atoms with Crippen LogP contribution in [0.25, 0.3) is 0 Å². The van der Waals surface area contributed by atoms with Crippen LogP contribution >= 0.6 is 0 Å². The van der Waals surface area contributed by atoms with Gasteiger partial charge in [-0.05, 0) is 12.8 Å². The maximum absolute atomic E-state index is 12.2. The number of hydrogen-bond acceptors (Lipinski definition) is 4. The smallest absolute Gasteiger partial charge is 0.407 e. The molecule has 0 aromatic carbocycles. The van der Waals surface area contributed by atoms with Crippen molar-refractivity contribution in [3.05, 3.63) is 11.8 Å². The molecule has 1 aromatic rings. The van der Waals surface area contributed by atoms with Gasteiger partial charge in [0.15, 0.2) is 0 Å². The number of nitrogens with zero attached hydrogens (tertiary/aromatic N) is 3. The fourth-order valence-electron chi connectivity index (χ4n) is 1.82. The minimum Gasteiger partial charge on any atom is -0.465 e. The summed E-state index contributed by atoms with van der Waals surface area (Å²) in [4.78, 5) is 11.9. The Morgan fingerprint density at radius 1 is 1.41 bits per heavy atom. The molecule has 0 radical (unpaired) electrons. The number of aromatic nitrogens is 2. The molecule has 1 fully saturated rings. The van der Waals surface area contributed by atoms with Gasteiger partial charge in [0, 0.05) is 19.0 Å². The SMILES string of the molecule is O=C(O)N1CCC(c2nnc(C(F)F)o2)CC1. The molecule has 1 amide bonds. The molecule has 0 bridgehead atoms. The number of rotatable bonds is 2. The highest BCUT2D eigenvalue weighted by atomic mass is 19.3. The standard InChI is InChI=1S/C9H11F2N3O3/c10-6(11)8-13-12-7(17-8)5-1-3-14(4-2-5)9(15)16/h5-6H,1-4H2,(H,15,16). The maximum atomic E-state index is 12.2. The summed E-state index contributed by atoms with van der Waals surface area (Å²) in [5.41, 5.74) is 0. The van der Waals surface area contributed by atoms with Gasteiger partial charge in [0.2, 0.25) is 5.89 Å². The van der Waals surface area contributed by atoms with Crippen molar-refractivity contribution in [2.24, 2.45) is 0 Å². The normalized spacial score (nSPS) is 17.7. The zero-order valence-electron chi connectivity index (χ0n) is 8.84. The molecule has 8 heteroatoms. The summed E-state index contributed by atoms with van der Waals surface area (Å²) in [6.45, 7) is 0.707. The largest absolute Gasteiger partial charge is 0.465 e.